The third kappa shape index (κ3) is 4.51. The zero-order chi connectivity index (χ0) is 15.2. The molecule has 2 aromatic rings. The number of halogens is 3. The van der Waals surface area contributed by atoms with E-state index in [9.17, 15) is 8.78 Å². The first-order valence-corrected chi connectivity index (χ1v) is 7.30. The molecular formula is C17H18ClF2N. The SMILES string of the molecule is CNCC(Cc1ccc(F)cc1)Cc1cccc(F)c1Cl. The first-order valence-electron chi connectivity index (χ1n) is 6.92. The molecule has 0 aliphatic carbocycles. The zero-order valence-corrected chi connectivity index (χ0v) is 12.6. The van der Waals surface area contributed by atoms with Crippen LogP contribution in [0.2, 0.25) is 5.02 Å². The van der Waals surface area contributed by atoms with Gasteiger partial charge in [0.1, 0.15) is 11.6 Å². The predicted molar refractivity (Wildman–Crippen MR) is 82.6 cm³/mol. The summed E-state index contributed by atoms with van der Waals surface area (Å²) in [6.07, 6.45) is 1.46. The van der Waals surface area contributed by atoms with Crippen molar-refractivity contribution in [2.75, 3.05) is 13.6 Å². The smallest absolute Gasteiger partial charge is 0.142 e. The topological polar surface area (TPSA) is 12.0 Å². The Morgan fingerprint density at radius 3 is 2.43 bits per heavy atom. The van der Waals surface area contributed by atoms with Gasteiger partial charge < -0.3 is 5.32 Å². The van der Waals surface area contributed by atoms with Crippen molar-refractivity contribution < 1.29 is 8.78 Å². The monoisotopic (exact) mass is 309 g/mol. The summed E-state index contributed by atoms with van der Waals surface area (Å²) in [6.45, 7) is 0.782. The second kappa shape index (κ2) is 7.53. The third-order valence-corrected chi connectivity index (χ3v) is 3.89. The number of hydrogen-bond donors (Lipinski definition) is 1. The molecule has 1 nitrogen and oxygen atoms in total. The van der Waals surface area contributed by atoms with Crippen molar-refractivity contribution in [3.8, 4) is 0 Å². The van der Waals surface area contributed by atoms with Gasteiger partial charge in [-0.15, -0.1) is 0 Å². The summed E-state index contributed by atoms with van der Waals surface area (Å²) >= 11 is 6.02. The quantitative estimate of drug-likeness (QED) is 0.841. The van der Waals surface area contributed by atoms with Crippen LogP contribution in [-0.2, 0) is 12.8 Å². The van der Waals surface area contributed by atoms with E-state index in [-0.39, 0.29) is 22.6 Å². The van der Waals surface area contributed by atoms with Crippen LogP contribution in [0.15, 0.2) is 42.5 Å². The molecule has 112 valence electrons. The largest absolute Gasteiger partial charge is 0.319 e. The van der Waals surface area contributed by atoms with Crippen molar-refractivity contribution >= 4 is 11.6 Å². The lowest BCUT2D eigenvalue weighted by Gasteiger charge is -2.18. The van der Waals surface area contributed by atoms with E-state index in [2.05, 4.69) is 5.32 Å². The molecule has 0 fully saturated rings. The van der Waals surface area contributed by atoms with Gasteiger partial charge in [0, 0.05) is 0 Å². The van der Waals surface area contributed by atoms with Gasteiger partial charge in [-0.05, 0) is 61.7 Å². The van der Waals surface area contributed by atoms with Gasteiger partial charge in [-0.3, -0.25) is 0 Å². The fraction of sp³-hybridized carbons (Fsp3) is 0.294. The molecule has 0 heterocycles. The molecule has 1 unspecified atom stereocenters. The van der Waals surface area contributed by atoms with Crippen molar-refractivity contribution in [1.29, 1.82) is 0 Å². The van der Waals surface area contributed by atoms with E-state index in [0.29, 0.717) is 6.42 Å². The molecule has 0 amide bonds. The molecule has 4 heteroatoms. The van der Waals surface area contributed by atoms with Gasteiger partial charge in [0.25, 0.3) is 0 Å². The van der Waals surface area contributed by atoms with Crippen LogP contribution in [0.4, 0.5) is 8.78 Å². The van der Waals surface area contributed by atoms with Crippen LogP contribution < -0.4 is 5.32 Å². The van der Waals surface area contributed by atoms with Gasteiger partial charge in [-0.1, -0.05) is 35.9 Å². The van der Waals surface area contributed by atoms with Crippen molar-refractivity contribution in [3.05, 3.63) is 70.2 Å². The summed E-state index contributed by atoms with van der Waals surface area (Å²) in [5.41, 5.74) is 1.86. The van der Waals surface area contributed by atoms with E-state index in [4.69, 9.17) is 11.6 Å². The molecule has 0 aliphatic rings. The van der Waals surface area contributed by atoms with E-state index < -0.39 is 0 Å². The predicted octanol–water partition coefficient (Wildman–Crippen LogP) is 4.24. The van der Waals surface area contributed by atoms with Crippen LogP contribution >= 0.6 is 11.6 Å². The Labute approximate surface area is 128 Å². The highest BCUT2D eigenvalue weighted by Gasteiger charge is 2.14. The molecule has 1 atom stereocenters. The lowest BCUT2D eigenvalue weighted by Crippen LogP contribution is -2.23. The highest BCUT2D eigenvalue weighted by atomic mass is 35.5. The van der Waals surface area contributed by atoms with E-state index in [1.807, 2.05) is 13.1 Å². The molecule has 0 bridgehead atoms. The van der Waals surface area contributed by atoms with Crippen LogP contribution in [0, 0.1) is 17.6 Å². The van der Waals surface area contributed by atoms with Crippen LogP contribution in [-0.4, -0.2) is 13.6 Å². The van der Waals surface area contributed by atoms with Crippen LogP contribution in [0.3, 0.4) is 0 Å². The molecule has 1 N–H and O–H groups in total. The summed E-state index contributed by atoms with van der Waals surface area (Å²) < 4.78 is 26.4. The van der Waals surface area contributed by atoms with Gasteiger partial charge in [-0.25, -0.2) is 8.78 Å². The number of rotatable bonds is 6. The molecule has 2 rings (SSSR count). The highest BCUT2D eigenvalue weighted by Crippen LogP contribution is 2.24. The Hall–Kier alpha value is -1.45. The van der Waals surface area contributed by atoms with Crippen molar-refractivity contribution in [1.82, 2.24) is 5.32 Å². The summed E-state index contributed by atoms with van der Waals surface area (Å²) in [6, 6.07) is 11.4. The summed E-state index contributed by atoms with van der Waals surface area (Å²) in [5, 5.41) is 3.34. The fourth-order valence-corrected chi connectivity index (χ4v) is 2.68. The molecule has 21 heavy (non-hydrogen) atoms. The second-order valence-corrected chi connectivity index (χ2v) is 5.55. The Balaban J connectivity index is 2.11. The maximum absolute atomic E-state index is 13.5. The number of nitrogens with one attached hydrogen (secondary N) is 1. The highest BCUT2D eigenvalue weighted by molar-refractivity contribution is 6.31. The Morgan fingerprint density at radius 2 is 1.76 bits per heavy atom. The molecule has 0 aromatic heterocycles. The van der Waals surface area contributed by atoms with Crippen molar-refractivity contribution in [3.63, 3.8) is 0 Å². The Kier molecular flexibility index (Phi) is 5.71. The molecule has 0 saturated heterocycles. The molecular weight excluding hydrogens is 292 g/mol. The Morgan fingerprint density at radius 1 is 1.05 bits per heavy atom. The molecule has 2 aromatic carbocycles. The minimum absolute atomic E-state index is 0.192. The second-order valence-electron chi connectivity index (χ2n) is 5.17. The normalized spacial score (nSPS) is 12.4. The minimum atomic E-state index is -0.390. The summed E-state index contributed by atoms with van der Waals surface area (Å²) in [4.78, 5) is 0. The third-order valence-electron chi connectivity index (χ3n) is 3.47. The summed E-state index contributed by atoms with van der Waals surface area (Å²) in [5.74, 6) is -0.365. The lowest BCUT2D eigenvalue weighted by molar-refractivity contribution is 0.491. The summed E-state index contributed by atoms with van der Waals surface area (Å²) in [7, 11) is 1.88. The van der Waals surface area contributed by atoms with Gasteiger partial charge in [0.15, 0.2) is 0 Å². The average molecular weight is 310 g/mol. The molecule has 0 spiro atoms. The number of hydrogen-bond acceptors (Lipinski definition) is 1. The van der Waals surface area contributed by atoms with Gasteiger partial charge in [0.2, 0.25) is 0 Å². The molecule has 0 saturated carbocycles. The maximum Gasteiger partial charge on any atom is 0.142 e. The fourth-order valence-electron chi connectivity index (χ4n) is 2.48. The lowest BCUT2D eigenvalue weighted by atomic mass is 9.92. The maximum atomic E-state index is 13.5. The van der Waals surface area contributed by atoms with Crippen LogP contribution in [0.5, 0.6) is 0 Å². The van der Waals surface area contributed by atoms with E-state index in [0.717, 1.165) is 24.1 Å². The van der Waals surface area contributed by atoms with Gasteiger partial charge in [0.05, 0.1) is 5.02 Å². The van der Waals surface area contributed by atoms with Crippen LogP contribution in [0.25, 0.3) is 0 Å². The number of benzene rings is 2. The van der Waals surface area contributed by atoms with Crippen LogP contribution in [0.1, 0.15) is 11.1 Å². The first-order chi connectivity index (χ1) is 10.1. The van der Waals surface area contributed by atoms with Gasteiger partial charge >= 0.3 is 0 Å². The van der Waals surface area contributed by atoms with E-state index in [1.54, 1.807) is 18.2 Å². The molecule has 0 aliphatic heterocycles. The minimum Gasteiger partial charge on any atom is -0.319 e. The van der Waals surface area contributed by atoms with E-state index >= 15 is 0 Å². The van der Waals surface area contributed by atoms with Gasteiger partial charge in [-0.2, -0.15) is 0 Å². The van der Waals surface area contributed by atoms with Crippen molar-refractivity contribution in [2.45, 2.75) is 12.8 Å². The van der Waals surface area contributed by atoms with Crippen molar-refractivity contribution in [2.24, 2.45) is 5.92 Å². The Bertz CT molecular complexity index is 584. The standard InChI is InChI=1S/C17H18ClF2N/c1-21-11-13(9-12-5-7-15(19)8-6-12)10-14-3-2-4-16(20)17(14)18/h2-8,13,21H,9-11H2,1H3. The first kappa shape index (κ1) is 15.9. The van der Waals surface area contributed by atoms with E-state index in [1.165, 1.54) is 18.2 Å². The zero-order valence-electron chi connectivity index (χ0n) is 11.9. The average Bonchev–Trinajstić information content (AvgIpc) is 2.46. The molecule has 0 radical (unpaired) electrons.